The van der Waals surface area contributed by atoms with Gasteiger partial charge in [-0.3, -0.25) is 0 Å². The number of aryl methyl sites for hydroxylation is 1. The third-order valence-corrected chi connectivity index (χ3v) is 4.31. The summed E-state index contributed by atoms with van der Waals surface area (Å²) in [5.41, 5.74) is 5.48. The van der Waals surface area contributed by atoms with E-state index in [1.54, 1.807) is 18.2 Å². The number of nitrogens with one attached hydrogen (secondary N) is 1. The molecule has 1 N–H and O–H groups in total. The molecule has 0 saturated carbocycles. The minimum atomic E-state index is -0.341. The van der Waals surface area contributed by atoms with E-state index < -0.39 is 0 Å². The highest BCUT2D eigenvalue weighted by Crippen LogP contribution is 2.31. The van der Waals surface area contributed by atoms with E-state index in [9.17, 15) is 4.39 Å². The Labute approximate surface area is 145 Å². The van der Waals surface area contributed by atoms with Gasteiger partial charge in [0.25, 0.3) is 0 Å². The predicted octanol–water partition coefficient (Wildman–Crippen LogP) is 5.35. The number of aromatic amines is 1. The van der Waals surface area contributed by atoms with Gasteiger partial charge in [0.15, 0.2) is 11.6 Å². The Hall–Kier alpha value is -3.14. The van der Waals surface area contributed by atoms with E-state index in [2.05, 4.69) is 16.0 Å². The molecule has 4 heteroatoms. The zero-order valence-corrected chi connectivity index (χ0v) is 14.0. The minimum absolute atomic E-state index is 0.252. The highest BCUT2D eigenvalue weighted by molar-refractivity contribution is 5.82. The lowest BCUT2D eigenvalue weighted by molar-refractivity contribution is 0.387. The van der Waals surface area contributed by atoms with E-state index >= 15 is 0 Å². The van der Waals surface area contributed by atoms with Gasteiger partial charge in [-0.25, -0.2) is 9.37 Å². The van der Waals surface area contributed by atoms with Crippen molar-refractivity contribution in [3.8, 4) is 28.0 Å². The number of hydrogen-bond donors (Lipinski definition) is 1. The van der Waals surface area contributed by atoms with Gasteiger partial charge in [-0.1, -0.05) is 42.5 Å². The summed E-state index contributed by atoms with van der Waals surface area (Å²) < 4.78 is 19.5. The van der Waals surface area contributed by atoms with Gasteiger partial charge in [0.2, 0.25) is 0 Å². The normalized spacial score (nSPS) is 11.0. The molecule has 124 valence electrons. The Kier molecular flexibility index (Phi) is 3.73. The highest BCUT2D eigenvalue weighted by Gasteiger charge is 2.10. The number of benzene rings is 3. The number of halogens is 1. The molecule has 1 aromatic heterocycles. The third-order valence-electron chi connectivity index (χ3n) is 4.31. The molecule has 4 aromatic rings. The van der Waals surface area contributed by atoms with Crippen molar-refractivity contribution in [2.24, 2.45) is 0 Å². The summed E-state index contributed by atoms with van der Waals surface area (Å²) in [6.45, 7) is 1.94. The van der Waals surface area contributed by atoms with Crippen molar-refractivity contribution in [2.45, 2.75) is 6.92 Å². The fourth-order valence-corrected chi connectivity index (χ4v) is 3.05. The molecular weight excluding hydrogens is 315 g/mol. The van der Waals surface area contributed by atoms with Crippen LogP contribution in [0.5, 0.6) is 5.75 Å². The molecule has 0 aliphatic heterocycles. The minimum Gasteiger partial charge on any atom is -0.494 e. The number of aromatic nitrogens is 2. The average Bonchev–Trinajstić information content (AvgIpc) is 3.01. The van der Waals surface area contributed by atoms with Gasteiger partial charge in [-0.15, -0.1) is 0 Å². The molecule has 0 aliphatic carbocycles. The number of H-pyrrole nitrogens is 1. The summed E-state index contributed by atoms with van der Waals surface area (Å²) in [5.74, 6) is 0.810. The molecule has 0 saturated heterocycles. The largest absolute Gasteiger partial charge is 0.494 e. The van der Waals surface area contributed by atoms with Crippen LogP contribution in [0.25, 0.3) is 33.3 Å². The molecule has 4 rings (SSSR count). The maximum Gasteiger partial charge on any atom is 0.172 e. The van der Waals surface area contributed by atoms with Crippen LogP contribution >= 0.6 is 0 Å². The van der Waals surface area contributed by atoms with Crippen LogP contribution in [0.1, 0.15) is 5.82 Å². The van der Waals surface area contributed by atoms with Crippen LogP contribution in [-0.4, -0.2) is 17.1 Å². The van der Waals surface area contributed by atoms with Crippen LogP contribution in [-0.2, 0) is 0 Å². The van der Waals surface area contributed by atoms with Crippen LogP contribution < -0.4 is 4.74 Å². The van der Waals surface area contributed by atoms with Crippen molar-refractivity contribution in [2.75, 3.05) is 7.11 Å². The van der Waals surface area contributed by atoms with Crippen molar-refractivity contribution in [3.63, 3.8) is 0 Å². The van der Waals surface area contributed by atoms with Crippen molar-refractivity contribution in [1.82, 2.24) is 9.97 Å². The van der Waals surface area contributed by atoms with E-state index in [1.807, 2.05) is 43.3 Å². The zero-order chi connectivity index (χ0) is 17.4. The van der Waals surface area contributed by atoms with Gasteiger partial charge >= 0.3 is 0 Å². The molecule has 0 fully saturated rings. The molecule has 0 aliphatic rings. The van der Waals surface area contributed by atoms with E-state index in [4.69, 9.17) is 4.74 Å². The van der Waals surface area contributed by atoms with Gasteiger partial charge < -0.3 is 9.72 Å². The van der Waals surface area contributed by atoms with Crippen LogP contribution in [0.2, 0.25) is 0 Å². The Morgan fingerprint density at radius 3 is 2.40 bits per heavy atom. The molecule has 0 bridgehead atoms. The average molecular weight is 332 g/mol. The molecule has 3 nitrogen and oxygen atoms in total. The first kappa shape index (κ1) is 15.4. The predicted molar refractivity (Wildman–Crippen MR) is 98.2 cm³/mol. The number of fused-ring (bicyclic) bond motifs is 1. The number of methoxy groups -OCH3 is 1. The molecule has 1 heterocycles. The lowest BCUT2D eigenvalue weighted by Gasteiger charge is -2.09. The first-order chi connectivity index (χ1) is 12.2. The second-order valence-electron chi connectivity index (χ2n) is 5.95. The second-order valence-corrected chi connectivity index (χ2v) is 5.95. The first-order valence-electron chi connectivity index (χ1n) is 8.05. The summed E-state index contributed by atoms with van der Waals surface area (Å²) in [5, 5.41) is 0. The molecule has 25 heavy (non-hydrogen) atoms. The lowest BCUT2D eigenvalue weighted by atomic mass is 9.99. The monoisotopic (exact) mass is 332 g/mol. The van der Waals surface area contributed by atoms with E-state index in [0.717, 1.165) is 33.5 Å². The van der Waals surface area contributed by atoms with E-state index in [1.165, 1.54) is 7.11 Å². The van der Waals surface area contributed by atoms with E-state index in [0.29, 0.717) is 5.56 Å². The summed E-state index contributed by atoms with van der Waals surface area (Å²) in [4.78, 5) is 7.67. The van der Waals surface area contributed by atoms with Crippen LogP contribution in [0.4, 0.5) is 4.39 Å². The van der Waals surface area contributed by atoms with Crippen molar-refractivity contribution < 1.29 is 9.13 Å². The Morgan fingerprint density at radius 1 is 0.920 bits per heavy atom. The molecular formula is C21H17FN2O. The van der Waals surface area contributed by atoms with Crippen molar-refractivity contribution in [1.29, 1.82) is 0 Å². The van der Waals surface area contributed by atoms with Crippen LogP contribution in [0, 0.1) is 12.7 Å². The second kappa shape index (κ2) is 6.06. The fourth-order valence-electron chi connectivity index (χ4n) is 3.05. The molecule has 3 aromatic carbocycles. The molecule has 0 spiro atoms. The standard InChI is InChI=1S/C21H17FN2O/c1-13-23-18-11-10-16(12-19(18)24-13)14-6-8-15(9-7-14)17-4-3-5-20(25-2)21(17)22/h3-12H,1-2H3,(H,23,24). The number of imidazole rings is 1. The zero-order valence-electron chi connectivity index (χ0n) is 14.0. The Balaban J connectivity index is 1.72. The number of hydrogen-bond acceptors (Lipinski definition) is 2. The van der Waals surface area contributed by atoms with E-state index in [-0.39, 0.29) is 11.6 Å². The van der Waals surface area contributed by atoms with Gasteiger partial charge in [-0.05, 0) is 41.8 Å². The van der Waals surface area contributed by atoms with Crippen LogP contribution in [0.15, 0.2) is 60.7 Å². The summed E-state index contributed by atoms with van der Waals surface area (Å²) >= 11 is 0. The fraction of sp³-hybridized carbons (Fsp3) is 0.0952. The molecule has 0 radical (unpaired) electrons. The summed E-state index contributed by atoms with van der Waals surface area (Å²) in [7, 11) is 1.47. The topological polar surface area (TPSA) is 37.9 Å². The third kappa shape index (κ3) is 2.76. The van der Waals surface area contributed by atoms with Crippen molar-refractivity contribution >= 4 is 11.0 Å². The first-order valence-corrected chi connectivity index (χ1v) is 8.05. The van der Waals surface area contributed by atoms with Gasteiger partial charge in [0.05, 0.1) is 18.1 Å². The lowest BCUT2D eigenvalue weighted by Crippen LogP contribution is -1.91. The van der Waals surface area contributed by atoms with Crippen molar-refractivity contribution in [3.05, 3.63) is 72.3 Å². The molecule has 0 atom stereocenters. The molecule has 0 amide bonds. The molecule has 0 unspecified atom stereocenters. The summed E-state index contributed by atoms with van der Waals surface area (Å²) in [6, 6.07) is 19.1. The SMILES string of the molecule is COc1cccc(-c2ccc(-c3ccc4nc(C)[nH]c4c3)cc2)c1F. The Bertz CT molecular complexity index is 1050. The summed E-state index contributed by atoms with van der Waals surface area (Å²) in [6.07, 6.45) is 0. The maximum absolute atomic E-state index is 14.4. The number of nitrogens with zero attached hydrogens (tertiary/aromatic N) is 1. The quantitative estimate of drug-likeness (QED) is 0.549. The maximum atomic E-state index is 14.4. The smallest absolute Gasteiger partial charge is 0.172 e. The Morgan fingerprint density at radius 2 is 1.64 bits per heavy atom. The number of ether oxygens (including phenoxy) is 1. The van der Waals surface area contributed by atoms with Crippen LogP contribution in [0.3, 0.4) is 0 Å². The highest BCUT2D eigenvalue weighted by atomic mass is 19.1. The number of rotatable bonds is 3. The van der Waals surface area contributed by atoms with Gasteiger partial charge in [0, 0.05) is 5.56 Å². The van der Waals surface area contributed by atoms with Gasteiger partial charge in [0.1, 0.15) is 5.82 Å². The van der Waals surface area contributed by atoms with Gasteiger partial charge in [-0.2, -0.15) is 0 Å².